The minimum atomic E-state index is -0.472. The van der Waals surface area contributed by atoms with Gasteiger partial charge < -0.3 is 14.6 Å². The Bertz CT molecular complexity index is 436. The summed E-state index contributed by atoms with van der Waals surface area (Å²) < 4.78 is 11.2. The SMILES string of the molecule is Cc1ccc(C)c(OC[C@@H](O)CN2CCO[C@@H](C)C2)c1. The van der Waals surface area contributed by atoms with Gasteiger partial charge in [-0.15, -0.1) is 0 Å². The van der Waals surface area contributed by atoms with Gasteiger partial charge in [-0.05, 0) is 38.0 Å². The van der Waals surface area contributed by atoms with Crippen LogP contribution in [0, 0.1) is 13.8 Å². The summed E-state index contributed by atoms with van der Waals surface area (Å²) in [6, 6.07) is 6.12. The summed E-state index contributed by atoms with van der Waals surface area (Å²) in [6.45, 7) is 9.58. The van der Waals surface area contributed by atoms with Crippen LogP contribution in [0.1, 0.15) is 18.1 Å². The van der Waals surface area contributed by atoms with Gasteiger partial charge in [0.15, 0.2) is 0 Å². The summed E-state index contributed by atoms with van der Waals surface area (Å²) in [4.78, 5) is 2.23. The molecule has 1 N–H and O–H groups in total. The molecule has 4 nitrogen and oxygen atoms in total. The molecule has 0 bridgehead atoms. The average Bonchev–Trinajstić information content (AvgIpc) is 2.40. The summed E-state index contributed by atoms with van der Waals surface area (Å²) in [7, 11) is 0. The molecule has 1 aliphatic heterocycles. The molecule has 20 heavy (non-hydrogen) atoms. The van der Waals surface area contributed by atoms with Crippen molar-refractivity contribution in [3.8, 4) is 5.75 Å². The molecule has 0 aliphatic carbocycles. The summed E-state index contributed by atoms with van der Waals surface area (Å²) in [6.07, 6.45) is -0.226. The van der Waals surface area contributed by atoms with Crippen LogP contribution in [-0.2, 0) is 4.74 Å². The second-order valence-electron chi connectivity index (χ2n) is 5.67. The van der Waals surface area contributed by atoms with Crippen molar-refractivity contribution in [2.45, 2.75) is 33.0 Å². The lowest BCUT2D eigenvalue weighted by atomic mass is 10.1. The van der Waals surface area contributed by atoms with Crippen LogP contribution in [0.5, 0.6) is 5.75 Å². The van der Waals surface area contributed by atoms with Crippen molar-refractivity contribution in [2.75, 3.05) is 32.8 Å². The second-order valence-corrected chi connectivity index (χ2v) is 5.67. The molecule has 0 aromatic heterocycles. The third kappa shape index (κ3) is 4.47. The highest BCUT2D eigenvalue weighted by atomic mass is 16.5. The topological polar surface area (TPSA) is 41.9 Å². The molecule has 0 spiro atoms. The molecule has 0 unspecified atom stereocenters. The number of aryl methyl sites for hydroxylation is 2. The van der Waals surface area contributed by atoms with Gasteiger partial charge in [0.1, 0.15) is 18.5 Å². The molecule has 2 atom stereocenters. The summed E-state index contributed by atoms with van der Waals surface area (Å²) in [5.74, 6) is 0.861. The number of hydrogen-bond donors (Lipinski definition) is 1. The summed E-state index contributed by atoms with van der Waals surface area (Å²) in [5.41, 5.74) is 2.27. The van der Waals surface area contributed by atoms with Crippen LogP contribution < -0.4 is 4.74 Å². The Balaban J connectivity index is 1.79. The van der Waals surface area contributed by atoms with Crippen LogP contribution in [-0.4, -0.2) is 55.1 Å². The van der Waals surface area contributed by atoms with Crippen molar-refractivity contribution < 1.29 is 14.6 Å². The van der Waals surface area contributed by atoms with Gasteiger partial charge in [0.2, 0.25) is 0 Å². The van der Waals surface area contributed by atoms with E-state index < -0.39 is 6.10 Å². The number of hydrogen-bond acceptors (Lipinski definition) is 4. The normalized spacial score (nSPS) is 21.7. The molecular weight excluding hydrogens is 254 g/mol. The van der Waals surface area contributed by atoms with E-state index in [0.717, 1.165) is 31.0 Å². The standard InChI is InChI=1S/C16H25NO3/c1-12-4-5-13(2)16(8-12)20-11-15(18)10-17-6-7-19-14(3)9-17/h4-5,8,14-15,18H,6-7,9-11H2,1-3H3/t14-,15-/m0/s1. The molecule has 1 aliphatic rings. The number of β-amino-alcohol motifs (C(OH)–C–C–N with tert-alkyl or cyclic N) is 1. The molecule has 1 fully saturated rings. The van der Waals surface area contributed by atoms with Crippen molar-refractivity contribution in [1.82, 2.24) is 4.90 Å². The zero-order valence-electron chi connectivity index (χ0n) is 12.6. The maximum Gasteiger partial charge on any atom is 0.122 e. The van der Waals surface area contributed by atoms with Crippen LogP contribution in [0.3, 0.4) is 0 Å². The van der Waals surface area contributed by atoms with E-state index in [1.54, 1.807) is 0 Å². The highest BCUT2D eigenvalue weighted by Crippen LogP contribution is 2.19. The molecule has 1 heterocycles. The van der Waals surface area contributed by atoms with Gasteiger partial charge in [0, 0.05) is 19.6 Å². The number of benzene rings is 1. The lowest BCUT2D eigenvalue weighted by molar-refractivity contribution is -0.0361. The van der Waals surface area contributed by atoms with Gasteiger partial charge in [-0.25, -0.2) is 0 Å². The van der Waals surface area contributed by atoms with E-state index in [-0.39, 0.29) is 6.10 Å². The van der Waals surface area contributed by atoms with E-state index in [0.29, 0.717) is 13.2 Å². The predicted octanol–water partition coefficient (Wildman–Crippen LogP) is 1.76. The minimum Gasteiger partial charge on any atom is -0.491 e. The number of nitrogens with zero attached hydrogens (tertiary/aromatic N) is 1. The van der Waals surface area contributed by atoms with E-state index >= 15 is 0 Å². The Morgan fingerprint density at radius 1 is 1.45 bits per heavy atom. The van der Waals surface area contributed by atoms with Crippen LogP contribution in [0.15, 0.2) is 18.2 Å². The molecule has 0 saturated carbocycles. The van der Waals surface area contributed by atoms with Gasteiger partial charge in [0.05, 0.1) is 12.7 Å². The summed E-state index contributed by atoms with van der Waals surface area (Å²) in [5, 5.41) is 10.1. The van der Waals surface area contributed by atoms with E-state index in [2.05, 4.69) is 17.9 Å². The molecule has 0 radical (unpaired) electrons. The zero-order valence-corrected chi connectivity index (χ0v) is 12.6. The molecule has 2 rings (SSSR count). The molecule has 1 saturated heterocycles. The van der Waals surface area contributed by atoms with Crippen molar-refractivity contribution in [3.63, 3.8) is 0 Å². The highest BCUT2D eigenvalue weighted by Gasteiger charge is 2.19. The maximum atomic E-state index is 10.1. The van der Waals surface area contributed by atoms with E-state index in [1.807, 2.05) is 26.0 Å². The molecular formula is C16H25NO3. The first-order chi connectivity index (χ1) is 9.54. The predicted molar refractivity (Wildman–Crippen MR) is 79.3 cm³/mol. The monoisotopic (exact) mass is 279 g/mol. The van der Waals surface area contributed by atoms with Crippen LogP contribution >= 0.6 is 0 Å². The second kappa shape index (κ2) is 7.07. The molecule has 1 aromatic carbocycles. The smallest absolute Gasteiger partial charge is 0.122 e. The Morgan fingerprint density at radius 3 is 3.00 bits per heavy atom. The van der Waals surface area contributed by atoms with E-state index in [9.17, 15) is 5.11 Å². The number of aliphatic hydroxyl groups is 1. The largest absolute Gasteiger partial charge is 0.491 e. The average molecular weight is 279 g/mol. The van der Waals surface area contributed by atoms with Gasteiger partial charge in [-0.2, -0.15) is 0 Å². The highest BCUT2D eigenvalue weighted by molar-refractivity contribution is 5.35. The molecule has 112 valence electrons. The lowest BCUT2D eigenvalue weighted by Gasteiger charge is -2.32. The van der Waals surface area contributed by atoms with Crippen LogP contribution in [0.4, 0.5) is 0 Å². The van der Waals surface area contributed by atoms with Gasteiger partial charge in [-0.1, -0.05) is 12.1 Å². The molecule has 4 heteroatoms. The number of aliphatic hydroxyl groups excluding tert-OH is 1. The quantitative estimate of drug-likeness (QED) is 0.892. The number of ether oxygens (including phenoxy) is 2. The minimum absolute atomic E-state index is 0.246. The molecule has 1 aromatic rings. The first-order valence-corrected chi connectivity index (χ1v) is 7.26. The fourth-order valence-electron chi connectivity index (χ4n) is 2.46. The number of rotatable bonds is 5. The number of morpholine rings is 1. The van der Waals surface area contributed by atoms with Crippen molar-refractivity contribution >= 4 is 0 Å². The summed E-state index contributed by atoms with van der Waals surface area (Å²) >= 11 is 0. The van der Waals surface area contributed by atoms with Crippen LogP contribution in [0.2, 0.25) is 0 Å². The van der Waals surface area contributed by atoms with Gasteiger partial charge in [-0.3, -0.25) is 4.90 Å². The Morgan fingerprint density at radius 2 is 2.25 bits per heavy atom. The third-order valence-electron chi connectivity index (χ3n) is 3.57. The van der Waals surface area contributed by atoms with Crippen molar-refractivity contribution in [3.05, 3.63) is 29.3 Å². The Hall–Kier alpha value is -1.10. The third-order valence-corrected chi connectivity index (χ3v) is 3.57. The fraction of sp³-hybridized carbons (Fsp3) is 0.625. The Kier molecular flexibility index (Phi) is 5.40. The van der Waals surface area contributed by atoms with E-state index in [4.69, 9.17) is 9.47 Å². The van der Waals surface area contributed by atoms with Crippen LogP contribution in [0.25, 0.3) is 0 Å². The van der Waals surface area contributed by atoms with Crippen molar-refractivity contribution in [2.24, 2.45) is 0 Å². The first-order valence-electron chi connectivity index (χ1n) is 7.26. The van der Waals surface area contributed by atoms with Gasteiger partial charge >= 0.3 is 0 Å². The molecule has 0 amide bonds. The lowest BCUT2D eigenvalue weighted by Crippen LogP contribution is -2.45. The van der Waals surface area contributed by atoms with Crippen molar-refractivity contribution in [1.29, 1.82) is 0 Å². The van der Waals surface area contributed by atoms with Gasteiger partial charge in [0.25, 0.3) is 0 Å². The zero-order chi connectivity index (χ0) is 14.5. The maximum absolute atomic E-state index is 10.1. The Labute approximate surface area is 121 Å². The van der Waals surface area contributed by atoms with E-state index in [1.165, 1.54) is 5.56 Å². The first kappa shape index (κ1) is 15.3. The fourth-order valence-corrected chi connectivity index (χ4v) is 2.46.